The third kappa shape index (κ3) is 3.58. The van der Waals surface area contributed by atoms with Crippen LogP contribution in [0, 0.1) is 0 Å². The first-order chi connectivity index (χ1) is 13.5. The van der Waals surface area contributed by atoms with Crippen molar-refractivity contribution in [1.29, 1.82) is 0 Å². The Bertz CT molecular complexity index is 1150. The van der Waals surface area contributed by atoms with Crippen molar-refractivity contribution in [3.63, 3.8) is 0 Å². The molecule has 3 heterocycles. The number of halogens is 1. The first kappa shape index (κ1) is 18.5. The predicted molar refractivity (Wildman–Crippen MR) is 110 cm³/mol. The maximum Gasteiger partial charge on any atom is 0.234 e. The summed E-state index contributed by atoms with van der Waals surface area (Å²) in [7, 11) is 0. The Labute approximate surface area is 170 Å². The van der Waals surface area contributed by atoms with Gasteiger partial charge in [0.1, 0.15) is 11.9 Å². The van der Waals surface area contributed by atoms with Crippen molar-refractivity contribution < 1.29 is 9.53 Å². The zero-order valence-corrected chi connectivity index (χ0v) is 16.6. The van der Waals surface area contributed by atoms with E-state index in [1.54, 1.807) is 12.4 Å². The summed E-state index contributed by atoms with van der Waals surface area (Å²) in [4.78, 5) is 21.8. The highest BCUT2D eigenvalue weighted by atomic mass is 35.5. The summed E-state index contributed by atoms with van der Waals surface area (Å²) in [6, 6.07) is 11.3. The number of hydrogen-bond acceptors (Lipinski definition) is 5. The van der Waals surface area contributed by atoms with Gasteiger partial charge in [-0.15, -0.1) is 11.3 Å². The zero-order valence-electron chi connectivity index (χ0n) is 15.0. The molecule has 1 amide bonds. The minimum atomic E-state index is -0.413. The van der Waals surface area contributed by atoms with Crippen molar-refractivity contribution in [2.45, 2.75) is 19.4 Å². The molecule has 0 aliphatic carbocycles. The molecular formula is C20H17ClN4O2S. The summed E-state index contributed by atoms with van der Waals surface area (Å²) in [6.07, 6.45) is 5.16. The van der Waals surface area contributed by atoms with E-state index in [9.17, 15) is 4.79 Å². The molecule has 0 aliphatic rings. The minimum Gasteiger partial charge on any atom is -0.485 e. The van der Waals surface area contributed by atoms with Crippen LogP contribution in [0.1, 0.15) is 23.5 Å². The van der Waals surface area contributed by atoms with Crippen molar-refractivity contribution in [3.05, 3.63) is 70.5 Å². The normalized spacial score (nSPS) is 12.2. The molecule has 1 aromatic carbocycles. The van der Waals surface area contributed by atoms with Gasteiger partial charge in [-0.05, 0) is 19.1 Å². The molecule has 0 bridgehead atoms. The van der Waals surface area contributed by atoms with Crippen molar-refractivity contribution in [3.8, 4) is 16.3 Å². The van der Waals surface area contributed by atoms with Gasteiger partial charge in [0.2, 0.25) is 11.7 Å². The van der Waals surface area contributed by atoms with Crippen LogP contribution in [0.15, 0.2) is 55.0 Å². The van der Waals surface area contributed by atoms with E-state index in [-0.39, 0.29) is 12.5 Å². The molecule has 4 rings (SSSR count). The van der Waals surface area contributed by atoms with Crippen LogP contribution in [0.5, 0.6) is 5.75 Å². The SMILES string of the molecule is C[C@@H](Oc1cc(-c2cnc3ncccn23)sc1CC(N)=O)c1ccccc1Cl. The van der Waals surface area contributed by atoms with E-state index >= 15 is 0 Å². The number of imidazole rings is 1. The molecule has 4 aromatic rings. The summed E-state index contributed by atoms with van der Waals surface area (Å²) in [5, 5.41) is 0.634. The molecule has 0 saturated carbocycles. The number of rotatable bonds is 6. The second kappa shape index (κ2) is 7.61. The van der Waals surface area contributed by atoms with Crippen LogP contribution in [0.4, 0.5) is 0 Å². The Morgan fingerprint density at radius 1 is 1.32 bits per heavy atom. The first-order valence-electron chi connectivity index (χ1n) is 8.63. The number of carbonyl (C=O) groups excluding carboxylic acids is 1. The van der Waals surface area contributed by atoms with Gasteiger partial charge < -0.3 is 10.5 Å². The van der Waals surface area contributed by atoms with Gasteiger partial charge in [0.15, 0.2) is 0 Å². The minimum absolute atomic E-state index is 0.101. The maximum atomic E-state index is 11.6. The molecule has 8 heteroatoms. The molecule has 0 radical (unpaired) electrons. The van der Waals surface area contributed by atoms with Gasteiger partial charge in [0.25, 0.3) is 0 Å². The number of carbonyl (C=O) groups is 1. The summed E-state index contributed by atoms with van der Waals surface area (Å²) in [5.74, 6) is 0.808. The molecule has 3 aromatic heterocycles. The van der Waals surface area contributed by atoms with E-state index in [0.717, 1.165) is 21.0 Å². The number of nitrogens with zero attached hydrogens (tertiary/aromatic N) is 3. The van der Waals surface area contributed by atoms with Crippen molar-refractivity contribution in [1.82, 2.24) is 14.4 Å². The number of nitrogens with two attached hydrogens (primary N) is 1. The van der Waals surface area contributed by atoms with Gasteiger partial charge in [-0.2, -0.15) is 0 Å². The molecule has 0 fully saturated rings. The number of hydrogen-bond donors (Lipinski definition) is 1. The average Bonchev–Trinajstić information content (AvgIpc) is 3.25. The van der Waals surface area contributed by atoms with E-state index in [4.69, 9.17) is 22.1 Å². The third-order valence-electron chi connectivity index (χ3n) is 4.29. The van der Waals surface area contributed by atoms with Crippen LogP contribution < -0.4 is 10.5 Å². The second-order valence-corrected chi connectivity index (χ2v) is 7.80. The highest BCUT2D eigenvalue weighted by Crippen LogP contribution is 2.39. The molecule has 0 unspecified atom stereocenters. The highest BCUT2D eigenvalue weighted by molar-refractivity contribution is 7.15. The Morgan fingerprint density at radius 2 is 2.14 bits per heavy atom. The van der Waals surface area contributed by atoms with Crippen molar-refractivity contribution in [2.24, 2.45) is 5.73 Å². The van der Waals surface area contributed by atoms with E-state index in [0.29, 0.717) is 16.5 Å². The predicted octanol–water partition coefficient (Wildman–Crippen LogP) is 4.28. The summed E-state index contributed by atoms with van der Waals surface area (Å²) >= 11 is 7.75. The number of fused-ring (bicyclic) bond motifs is 1. The van der Waals surface area contributed by atoms with E-state index in [1.165, 1.54) is 11.3 Å². The van der Waals surface area contributed by atoms with Crippen LogP contribution in [-0.4, -0.2) is 20.3 Å². The topological polar surface area (TPSA) is 82.5 Å². The molecule has 6 nitrogen and oxygen atoms in total. The van der Waals surface area contributed by atoms with E-state index in [1.807, 2.05) is 53.9 Å². The fraction of sp³-hybridized carbons (Fsp3) is 0.150. The van der Waals surface area contributed by atoms with Crippen molar-refractivity contribution in [2.75, 3.05) is 0 Å². The molecule has 142 valence electrons. The van der Waals surface area contributed by atoms with E-state index < -0.39 is 5.91 Å². The van der Waals surface area contributed by atoms with Crippen LogP contribution >= 0.6 is 22.9 Å². The summed E-state index contributed by atoms with van der Waals surface area (Å²) in [5.41, 5.74) is 7.19. The number of primary amides is 1. The van der Waals surface area contributed by atoms with Gasteiger partial charge in [-0.1, -0.05) is 29.8 Å². The van der Waals surface area contributed by atoms with Crippen LogP contribution in [0.3, 0.4) is 0 Å². The Balaban J connectivity index is 1.72. The lowest BCUT2D eigenvalue weighted by atomic mass is 10.1. The third-order valence-corrected chi connectivity index (χ3v) is 5.78. The second-order valence-electron chi connectivity index (χ2n) is 6.26. The lowest BCUT2D eigenvalue weighted by Crippen LogP contribution is -2.13. The fourth-order valence-electron chi connectivity index (χ4n) is 2.99. The Hall–Kier alpha value is -2.90. The lowest BCUT2D eigenvalue weighted by molar-refractivity contribution is -0.117. The molecule has 28 heavy (non-hydrogen) atoms. The Kier molecular flexibility index (Phi) is 5.02. The van der Waals surface area contributed by atoms with Gasteiger partial charge in [0.05, 0.1) is 28.1 Å². The molecule has 0 saturated heterocycles. The lowest BCUT2D eigenvalue weighted by Gasteiger charge is -2.16. The number of benzene rings is 1. The number of amides is 1. The van der Waals surface area contributed by atoms with Crippen LogP contribution in [-0.2, 0) is 11.2 Å². The zero-order chi connectivity index (χ0) is 19.7. The number of thiophene rings is 1. The molecular weight excluding hydrogens is 396 g/mol. The monoisotopic (exact) mass is 412 g/mol. The summed E-state index contributed by atoms with van der Waals surface area (Å²) < 4.78 is 8.07. The van der Waals surface area contributed by atoms with Gasteiger partial charge >= 0.3 is 0 Å². The highest BCUT2D eigenvalue weighted by Gasteiger charge is 2.19. The quantitative estimate of drug-likeness (QED) is 0.512. The number of aromatic nitrogens is 3. The standard InChI is InChI=1S/C20H17ClN4O2S/c1-12(13-5-2-3-6-14(13)21)27-16-9-17(28-18(16)10-19(22)26)15-11-24-20-23-7-4-8-25(15)20/h2-9,11-12H,10H2,1H3,(H2,22,26)/t12-/m1/s1. The van der Waals surface area contributed by atoms with Crippen LogP contribution in [0.2, 0.25) is 5.02 Å². The van der Waals surface area contributed by atoms with Gasteiger partial charge in [-0.3, -0.25) is 9.20 Å². The molecule has 0 aliphatic heterocycles. The summed E-state index contributed by atoms with van der Waals surface area (Å²) in [6.45, 7) is 1.92. The first-order valence-corrected chi connectivity index (χ1v) is 9.83. The molecule has 2 N–H and O–H groups in total. The largest absolute Gasteiger partial charge is 0.485 e. The molecule has 0 spiro atoms. The van der Waals surface area contributed by atoms with Gasteiger partial charge in [-0.25, -0.2) is 9.97 Å². The maximum absolute atomic E-state index is 11.6. The smallest absolute Gasteiger partial charge is 0.234 e. The Morgan fingerprint density at radius 3 is 2.93 bits per heavy atom. The average molecular weight is 413 g/mol. The molecule has 1 atom stereocenters. The van der Waals surface area contributed by atoms with Gasteiger partial charge in [0, 0.05) is 29.0 Å². The van der Waals surface area contributed by atoms with Crippen molar-refractivity contribution >= 4 is 34.6 Å². The van der Waals surface area contributed by atoms with E-state index in [2.05, 4.69) is 9.97 Å². The number of ether oxygens (including phenoxy) is 1. The fourth-order valence-corrected chi connectivity index (χ4v) is 4.39. The van der Waals surface area contributed by atoms with Crippen LogP contribution in [0.25, 0.3) is 16.3 Å².